The predicted molar refractivity (Wildman–Crippen MR) is 91.6 cm³/mol. The average Bonchev–Trinajstić information content (AvgIpc) is 2.85. The Morgan fingerprint density at radius 1 is 1.30 bits per heavy atom. The summed E-state index contributed by atoms with van der Waals surface area (Å²) in [5.41, 5.74) is 2.04. The van der Waals surface area contributed by atoms with Crippen LogP contribution < -0.4 is 15.5 Å². The number of urea groups is 1. The number of rotatable bonds is 6. The quantitative estimate of drug-likeness (QED) is 0.778. The Balaban J connectivity index is 1.78. The van der Waals surface area contributed by atoms with Crippen molar-refractivity contribution >= 4 is 17.6 Å². The summed E-state index contributed by atoms with van der Waals surface area (Å²) < 4.78 is 0. The number of anilines is 1. The summed E-state index contributed by atoms with van der Waals surface area (Å²) in [6, 6.07) is 7.51. The van der Waals surface area contributed by atoms with E-state index in [4.69, 9.17) is 0 Å². The van der Waals surface area contributed by atoms with Gasteiger partial charge < -0.3 is 20.4 Å². The Bertz CT molecular complexity index is 542. The highest BCUT2D eigenvalue weighted by atomic mass is 16.2. The van der Waals surface area contributed by atoms with E-state index in [1.54, 1.807) is 4.90 Å². The van der Waals surface area contributed by atoms with E-state index in [2.05, 4.69) is 15.5 Å². The maximum atomic E-state index is 12.1. The zero-order chi connectivity index (χ0) is 16.8. The Labute approximate surface area is 137 Å². The molecule has 1 aliphatic heterocycles. The minimum atomic E-state index is -0.202. The van der Waals surface area contributed by atoms with Crippen molar-refractivity contribution in [3.63, 3.8) is 0 Å². The number of carbonyl (C=O) groups excluding carboxylic acids is 2. The van der Waals surface area contributed by atoms with Crippen molar-refractivity contribution in [3.8, 4) is 0 Å². The van der Waals surface area contributed by atoms with E-state index < -0.39 is 0 Å². The van der Waals surface area contributed by atoms with Gasteiger partial charge in [-0.2, -0.15) is 0 Å². The Kier molecular flexibility index (Phi) is 5.98. The first-order valence-corrected chi connectivity index (χ1v) is 8.02. The van der Waals surface area contributed by atoms with E-state index in [-0.39, 0.29) is 18.0 Å². The molecular weight excluding hydrogens is 292 g/mol. The minimum Gasteiger partial charge on any atom is -0.338 e. The van der Waals surface area contributed by atoms with Crippen LogP contribution in [0.5, 0.6) is 0 Å². The molecule has 1 saturated heterocycles. The first kappa shape index (κ1) is 17.3. The van der Waals surface area contributed by atoms with Crippen molar-refractivity contribution in [1.29, 1.82) is 0 Å². The van der Waals surface area contributed by atoms with Crippen molar-refractivity contribution in [2.45, 2.75) is 25.8 Å². The molecule has 2 rings (SSSR count). The molecule has 0 spiro atoms. The van der Waals surface area contributed by atoms with Crippen molar-refractivity contribution < 1.29 is 9.59 Å². The van der Waals surface area contributed by atoms with Crippen LogP contribution in [0.2, 0.25) is 0 Å². The van der Waals surface area contributed by atoms with Gasteiger partial charge in [0.25, 0.3) is 0 Å². The molecule has 1 aromatic carbocycles. The molecule has 6 nitrogen and oxygen atoms in total. The molecule has 0 saturated carbocycles. The normalized spacial score (nSPS) is 17.7. The number of carbonyl (C=O) groups is 2. The summed E-state index contributed by atoms with van der Waals surface area (Å²) in [5.74, 6) is 0.0479. The highest BCUT2D eigenvalue weighted by molar-refractivity contribution is 5.96. The van der Waals surface area contributed by atoms with E-state index in [0.717, 1.165) is 24.2 Å². The van der Waals surface area contributed by atoms with Crippen LogP contribution in [0.4, 0.5) is 10.5 Å². The molecule has 1 aliphatic rings. The third-order valence-corrected chi connectivity index (χ3v) is 3.87. The first-order chi connectivity index (χ1) is 11.0. The molecule has 1 fully saturated rings. The van der Waals surface area contributed by atoms with E-state index in [1.165, 1.54) is 0 Å². The van der Waals surface area contributed by atoms with Gasteiger partial charge in [0.15, 0.2) is 0 Å². The van der Waals surface area contributed by atoms with Gasteiger partial charge in [0.1, 0.15) is 0 Å². The summed E-state index contributed by atoms with van der Waals surface area (Å²) in [6.45, 7) is 4.10. The number of nitrogens with zero attached hydrogens (tertiary/aromatic N) is 2. The topological polar surface area (TPSA) is 64.7 Å². The van der Waals surface area contributed by atoms with Gasteiger partial charge in [0, 0.05) is 25.2 Å². The number of benzene rings is 1. The second-order valence-corrected chi connectivity index (χ2v) is 6.30. The van der Waals surface area contributed by atoms with Crippen LogP contribution in [-0.4, -0.2) is 56.6 Å². The number of hydrogen-bond acceptors (Lipinski definition) is 3. The van der Waals surface area contributed by atoms with Crippen LogP contribution in [0.3, 0.4) is 0 Å². The van der Waals surface area contributed by atoms with Crippen LogP contribution >= 0.6 is 0 Å². The maximum Gasteiger partial charge on any atom is 0.315 e. The van der Waals surface area contributed by atoms with Gasteiger partial charge in [-0.25, -0.2) is 4.79 Å². The standard InChI is InChI=1S/C17H26N4O2/c1-13-5-7-15(8-6-13)21-12-14(11-16(21)22)19-17(23)18-9-4-10-20(2)3/h5-8,14H,4,9-12H2,1-3H3,(H2,18,19,23)/t14-/m1/s1. The lowest BCUT2D eigenvalue weighted by molar-refractivity contribution is -0.117. The minimum absolute atomic E-state index is 0.0479. The zero-order valence-electron chi connectivity index (χ0n) is 14.1. The molecule has 1 atom stereocenters. The monoisotopic (exact) mass is 318 g/mol. The maximum absolute atomic E-state index is 12.1. The lowest BCUT2D eigenvalue weighted by Gasteiger charge is -2.17. The molecule has 3 amide bonds. The van der Waals surface area contributed by atoms with E-state index in [9.17, 15) is 9.59 Å². The molecule has 0 unspecified atom stereocenters. The van der Waals surface area contributed by atoms with Crippen LogP contribution in [0.25, 0.3) is 0 Å². The molecule has 1 heterocycles. The summed E-state index contributed by atoms with van der Waals surface area (Å²) >= 11 is 0. The summed E-state index contributed by atoms with van der Waals surface area (Å²) in [5, 5.41) is 5.72. The molecule has 1 aromatic rings. The highest BCUT2D eigenvalue weighted by Gasteiger charge is 2.31. The third kappa shape index (κ3) is 5.25. The molecule has 0 radical (unpaired) electrons. The smallest absolute Gasteiger partial charge is 0.315 e. The summed E-state index contributed by atoms with van der Waals surface area (Å²) in [6.07, 6.45) is 1.25. The molecular formula is C17H26N4O2. The SMILES string of the molecule is Cc1ccc(N2C[C@H](NC(=O)NCCCN(C)C)CC2=O)cc1. The van der Waals surface area contributed by atoms with Gasteiger partial charge in [0.05, 0.1) is 6.04 Å². The van der Waals surface area contributed by atoms with Crippen molar-refractivity contribution in [1.82, 2.24) is 15.5 Å². The van der Waals surface area contributed by atoms with Crippen LogP contribution in [0.15, 0.2) is 24.3 Å². The number of hydrogen-bond donors (Lipinski definition) is 2. The van der Waals surface area contributed by atoms with Gasteiger partial charge in [-0.3, -0.25) is 4.79 Å². The first-order valence-electron chi connectivity index (χ1n) is 8.02. The fourth-order valence-corrected chi connectivity index (χ4v) is 2.61. The number of aryl methyl sites for hydroxylation is 1. The van der Waals surface area contributed by atoms with Crippen LogP contribution in [0.1, 0.15) is 18.4 Å². The third-order valence-electron chi connectivity index (χ3n) is 3.87. The fraction of sp³-hybridized carbons (Fsp3) is 0.529. The second kappa shape index (κ2) is 7.97. The van der Waals surface area contributed by atoms with Gasteiger partial charge in [-0.15, -0.1) is 0 Å². The predicted octanol–water partition coefficient (Wildman–Crippen LogP) is 1.35. The largest absolute Gasteiger partial charge is 0.338 e. The molecule has 0 bridgehead atoms. The molecule has 0 aromatic heterocycles. The fourth-order valence-electron chi connectivity index (χ4n) is 2.61. The second-order valence-electron chi connectivity index (χ2n) is 6.30. The Hall–Kier alpha value is -2.08. The highest BCUT2D eigenvalue weighted by Crippen LogP contribution is 2.21. The lowest BCUT2D eigenvalue weighted by Crippen LogP contribution is -2.43. The van der Waals surface area contributed by atoms with E-state index in [0.29, 0.717) is 19.5 Å². The molecule has 2 N–H and O–H groups in total. The van der Waals surface area contributed by atoms with Gasteiger partial charge in [-0.05, 0) is 46.1 Å². The van der Waals surface area contributed by atoms with Crippen LogP contribution in [-0.2, 0) is 4.79 Å². The number of nitrogens with one attached hydrogen (secondary N) is 2. The number of amides is 3. The van der Waals surface area contributed by atoms with Gasteiger partial charge in [-0.1, -0.05) is 17.7 Å². The molecule has 23 heavy (non-hydrogen) atoms. The van der Waals surface area contributed by atoms with Gasteiger partial charge in [0.2, 0.25) is 5.91 Å². The molecule has 0 aliphatic carbocycles. The van der Waals surface area contributed by atoms with Crippen LogP contribution in [0, 0.1) is 6.92 Å². The Morgan fingerprint density at radius 3 is 2.65 bits per heavy atom. The summed E-state index contributed by atoms with van der Waals surface area (Å²) in [7, 11) is 4.01. The van der Waals surface area contributed by atoms with Gasteiger partial charge >= 0.3 is 6.03 Å². The molecule has 126 valence electrons. The summed E-state index contributed by atoms with van der Waals surface area (Å²) in [4.78, 5) is 27.8. The van der Waals surface area contributed by atoms with E-state index >= 15 is 0 Å². The Morgan fingerprint density at radius 2 is 2.00 bits per heavy atom. The lowest BCUT2D eigenvalue weighted by atomic mass is 10.2. The average molecular weight is 318 g/mol. The molecule has 6 heteroatoms. The van der Waals surface area contributed by atoms with Crippen molar-refractivity contribution in [3.05, 3.63) is 29.8 Å². The van der Waals surface area contributed by atoms with E-state index in [1.807, 2.05) is 45.3 Å². The zero-order valence-corrected chi connectivity index (χ0v) is 14.1. The van der Waals surface area contributed by atoms with Crippen molar-refractivity contribution in [2.24, 2.45) is 0 Å². The van der Waals surface area contributed by atoms with Crippen molar-refractivity contribution in [2.75, 3.05) is 38.6 Å².